The van der Waals surface area contributed by atoms with Gasteiger partial charge in [-0.3, -0.25) is 0 Å². The molecule has 0 aliphatic carbocycles. The van der Waals surface area contributed by atoms with Crippen molar-refractivity contribution in [1.82, 2.24) is 0 Å². The zero-order chi connectivity index (χ0) is 14.0. The first-order valence-corrected chi connectivity index (χ1v) is 3.59. The number of rotatable bonds is 2. The second-order valence-electron chi connectivity index (χ2n) is 1.76. The van der Waals surface area contributed by atoms with E-state index in [1.165, 1.54) is 6.92 Å². The quantitative estimate of drug-likeness (QED) is 0.288. The molecule has 0 amide bonds. The molecule has 0 aliphatic heterocycles. The molecule has 88 valence electrons. The predicted octanol–water partition coefficient (Wildman–Crippen LogP) is 1.81. The zero-order valence-electron chi connectivity index (χ0n) is 8.95. The minimum Gasteiger partial charge on any atom is -0.478 e. The van der Waals surface area contributed by atoms with Crippen molar-refractivity contribution in [3.8, 4) is 0 Å². The number of carbonyl (C=O) groups excluding carboxylic acids is 2. The van der Waals surface area contributed by atoms with Crippen LogP contribution >= 0.6 is 0 Å². The van der Waals surface area contributed by atoms with E-state index < -0.39 is 5.97 Å². The third kappa shape index (κ3) is 208. The molecule has 0 aromatic rings. The number of aliphatic carboxylic acids is 1. The van der Waals surface area contributed by atoms with Crippen LogP contribution in [0.1, 0.15) is 6.92 Å². The Morgan fingerprint density at radius 1 is 1.19 bits per heavy atom. The average molecular weight is 226 g/mol. The summed E-state index contributed by atoms with van der Waals surface area (Å²) in [6.45, 7) is 11.3. The Morgan fingerprint density at radius 2 is 1.31 bits per heavy atom. The van der Waals surface area contributed by atoms with Gasteiger partial charge < -0.3 is 5.11 Å². The van der Waals surface area contributed by atoms with Crippen LogP contribution in [0.15, 0.2) is 37.5 Å². The summed E-state index contributed by atoms with van der Waals surface area (Å²) in [7, 11) is 0. The SMILES string of the molecule is C=C(C)C(=O)O.C=CC=C.N=C=O.N=C=O. The van der Waals surface area contributed by atoms with Gasteiger partial charge >= 0.3 is 5.97 Å². The van der Waals surface area contributed by atoms with Crippen molar-refractivity contribution in [1.29, 1.82) is 10.8 Å². The minimum atomic E-state index is -0.935. The van der Waals surface area contributed by atoms with Gasteiger partial charge in [0, 0.05) is 5.57 Å². The maximum atomic E-state index is 9.60. The van der Waals surface area contributed by atoms with Crippen LogP contribution in [-0.2, 0) is 14.4 Å². The van der Waals surface area contributed by atoms with Gasteiger partial charge in [0.2, 0.25) is 12.2 Å². The number of carbonyl (C=O) groups is 1. The Bertz CT molecular complexity index is 253. The van der Waals surface area contributed by atoms with Crippen molar-refractivity contribution in [2.75, 3.05) is 0 Å². The van der Waals surface area contributed by atoms with Gasteiger partial charge in [0.15, 0.2) is 0 Å². The number of allylic oxidation sites excluding steroid dienone is 2. The number of carboxylic acids is 1. The second kappa shape index (κ2) is 29.4. The van der Waals surface area contributed by atoms with E-state index in [4.69, 9.17) is 25.5 Å². The predicted molar refractivity (Wildman–Crippen MR) is 59.7 cm³/mol. The first-order valence-electron chi connectivity index (χ1n) is 3.59. The molecule has 0 unspecified atom stereocenters. The van der Waals surface area contributed by atoms with Gasteiger partial charge in [-0.05, 0) is 6.92 Å². The lowest BCUT2D eigenvalue weighted by molar-refractivity contribution is -0.132. The fourth-order valence-corrected chi connectivity index (χ4v) is 0. The van der Waals surface area contributed by atoms with E-state index in [9.17, 15) is 4.79 Å². The number of hydrogen-bond donors (Lipinski definition) is 3. The summed E-state index contributed by atoms with van der Waals surface area (Å²) in [4.78, 5) is 26.3. The third-order valence-corrected chi connectivity index (χ3v) is 0.532. The normalized spacial score (nSPS) is 5.06. The van der Waals surface area contributed by atoms with Crippen LogP contribution in [0.5, 0.6) is 0 Å². The highest BCUT2D eigenvalue weighted by atomic mass is 16.4. The molecule has 0 saturated carbocycles. The lowest BCUT2D eigenvalue weighted by Gasteiger charge is -1.79. The molecule has 0 rings (SSSR count). The summed E-state index contributed by atoms with van der Waals surface area (Å²) >= 11 is 0. The molecule has 0 aromatic heterocycles. The van der Waals surface area contributed by atoms with E-state index in [1.807, 2.05) is 0 Å². The summed E-state index contributed by atoms with van der Waals surface area (Å²) in [5.41, 5.74) is 0.176. The van der Waals surface area contributed by atoms with Gasteiger partial charge in [0.25, 0.3) is 0 Å². The largest absolute Gasteiger partial charge is 0.478 e. The van der Waals surface area contributed by atoms with Gasteiger partial charge in [-0.15, -0.1) is 0 Å². The van der Waals surface area contributed by atoms with Gasteiger partial charge in [-0.2, -0.15) is 0 Å². The van der Waals surface area contributed by atoms with Crippen LogP contribution in [0.4, 0.5) is 0 Å². The molecule has 0 aromatic carbocycles. The van der Waals surface area contributed by atoms with Gasteiger partial charge in [0.1, 0.15) is 0 Å². The fraction of sp³-hybridized carbons (Fsp3) is 0.100. The first-order chi connectivity index (χ1) is 7.39. The lowest BCUT2D eigenvalue weighted by Crippen LogP contribution is -1.92. The Kier molecular flexibility index (Phi) is 42.9. The van der Waals surface area contributed by atoms with Crippen LogP contribution in [0, 0.1) is 10.8 Å². The highest BCUT2D eigenvalue weighted by Gasteiger charge is 1.90. The molecule has 0 atom stereocenters. The summed E-state index contributed by atoms with van der Waals surface area (Å²) in [6.07, 6.45) is 4.78. The highest BCUT2D eigenvalue weighted by molar-refractivity contribution is 5.84. The minimum absolute atomic E-state index is 0.176. The molecule has 0 fully saturated rings. The molecule has 0 radical (unpaired) electrons. The van der Waals surface area contributed by atoms with Gasteiger partial charge in [-0.25, -0.2) is 25.2 Å². The Morgan fingerprint density at radius 3 is 1.31 bits per heavy atom. The topological polar surface area (TPSA) is 119 Å². The van der Waals surface area contributed by atoms with Crippen LogP contribution in [0.25, 0.3) is 0 Å². The molecule has 6 nitrogen and oxygen atoms in total. The smallest absolute Gasteiger partial charge is 0.330 e. The van der Waals surface area contributed by atoms with Crippen molar-refractivity contribution >= 4 is 18.1 Å². The summed E-state index contributed by atoms with van der Waals surface area (Å²) in [5, 5.41) is 18.7. The molecule has 3 N–H and O–H groups in total. The summed E-state index contributed by atoms with van der Waals surface area (Å²) < 4.78 is 0. The number of nitrogens with one attached hydrogen (secondary N) is 2. The average Bonchev–Trinajstić information content (AvgIpc) is 2.20. The third-order valence-electron chi connectivity index (χ3n) is 0.532. The molecular formula is C10H14N2O4. The van der Waals surface area contributed by atoms with E-state index in [0.29, 0.717) is 0 Å². The number of hydrogen-bond acceptors (Lipinski definition) is 5. The van der Waals surface area contributed by atoms with E-state index in [0.717, 1.165) is 12.2 Å². The second-order valence-corrected chi connectivity index (χ2v) is 1.76. The van der Waals surface area contributed by atoms with Crippen LogP contribution in [-0.4, -0.2) is 23.2 Å². The van der Waals surface area contributed by atoms with Gasteiger partial charge in [-0.1, -0.05) is 31.9 Å². The van der Waals surface area contributed by atoms with E-state index in [2.05, 4.69) is 19.7 Å². The van der Waals surface area contributed by atoms with Crippen molar-refractivity contribution < 1.29 is 19.5 Å². The molecule has 16 heavy (non-hydrogen) atoms. The van der Waals surface area contributed by atoms with Crippen LogP contribution in [0.3, 0.4) is 0 Å². The van der Waals surface area contributed by atoms with Crippen molar-refractivity contribution in [2.24, 2.45) is 0 Å². The summed E-state index contributed by atoms with van der Waals surface area (Å²) in [6, 6.07) is 0. The van der Waals surface area contributed by atoms with E-state index >= 15 is 0 Å². The Balaban J connectivity index is -0.0000000635. The standard InChI is InChI=1S/C4H6O2.C4H6.2CHNO/c1-3(2)4(5)6;1-3-4-2;2*2-1-3/h1H2,2H3,(H,5,6);3-4H,1-2H2;2*2H. The van der Waals surface area contributed by atoms with Crippen LogP contribution in [0.2, 0.25) is 0 Å². The maximum absolute atomic E-state index is 9.60. The Hall–Kier alpha value is -2.55. The fourth-order valence-electron chi connectivity index (χ4n) is 0. The number of carboxylic acid groups (broad SMARTS) is 1. The number of isocyanates is 2. The Labute approximate surface area is 93.6 Å². The summed E-state index contributed by atoms with van der Waals surface area (Å²) in [5.74, 6) is -0.935. The highest BCUT2D eigenvalue weighted by Crippen LogP contribution is 1.81. The van der Waals surface area contributed by atoms with Gasteiger partial charge in [0.05, 0.1) is 0 Å². The molecule has 0 bridgehead atoms. The maximum Gasteiger partial charge on any atom is 0.330 e. The first kappa shape index (κ1) is 23.3. The molecule has 0 spiro atoms. The van der Waals surface area contributed by atoms with E-state index in [1.54, 1.807) is 12.2 Å². The van der Waals surface area contributed by atoms with Crippen molar-refractivity contribution in [3.05, 3.63) is 37.5 Å². The molecule has 0 saturated heterocycles. The zero-order valence-corrected chi connectivity index (χ0v) is 8.95. The van der Waals surface area contributed by atoms with Crippen LogP contribution < -0.4 is 0 Å². The van der Waals surface area contributed by atoms with Crippen molar-refractivity contribution in [2.45, 2.75) is 6.92 Å². The lowest BCUT2D eigenvalue weighted by atomic mass is 10.4. The molecular weight excluding hydrogens is 212 g/mol. The molecule has 0 aliphatic rings. The monoisotopic (exact) mass is 226 g/mol. The molecule has 6 heteroatoms. The van der Waals surface area contributed by atoms with Crippen molar-refractivity contribution in [3.63, 3.8) is 0 Å². The van der Waals surface area contributed by atoms with E-state index in [-0.39, 0.29) is 5.57 Å². The molecule has 0 heterocycles.